The molecule has 0 amide bonds. The number of hydrogen-bond acceptors (Lipinski definition) is 3. The standard InChI is InChI=1S/C17H28N2O/c1-4-13(2)17-12-19(14(3)8-9-18-17)11-15-6-5-7-16(20)10-15/h5-7,10,13-14,17-18,20H,4,8-9,11-12H2,1-3H3. The lowest BCUT2D eigenvalue weighted by molar-refractivity contribution is 0.180. The van der Waals surface area contributed by atoms with E-state index in [-0.39, 0.29) is 0 Å². The van der Waals surface area contributed by atoms with Gasteiger partial charge in [-0.1, -0.05) is 32.4 Å². The van der Waals surface area contributed by atoms with Crippen LogP contribution < -0.4 is 5.32 Å². The van der Waals surface area contributed by atoms with E-state index in [1.54, 1.807) is 6.07 Å². The Morgan fingerprint density at radius 2 is 2.25 bits per heavy atom. The summed E-state index contributed by atoms with van der Waals surface area (Å²) in [7, 11) is 0. The van der Waals surface area contributed by atoms with Gasteiger partial charge in [0.15, 0.2) is 0 Å². The van der Waals surface area contributed by atoms with E-state index >= 15 is 0 Å². The molecule has 2 N–H and O–H groups in total. The van der Waals surface area contributed by atoms with E-state index in [9.17, 15) is 5.11 Å². The minimum Gasteiger partial charge on any atom is -0.508 e. The lowest BCUT2D eigenvalue weighted by Crippen LogP contribution is -2.43. The van der Waals surface area contributed by atoms with E-state index in [1.807, 2.05) is 12.1 Å². The van der Waals surface area contributed by atoms with Crippen LogP contribution in [-0.4, -0.2) is 35.2 Å². The van der Waals surface area contributed by atoms with Crippen LogP contribution in [0, 0.1) is 5.92 Å². The van der Waals surface area contributed by atoms with Crippen LogP contribution in [-0.2, 0) is 6.54 Å². The van der Waals surface area contributed by atoms with Crippen molar-refractivity contribution < 1.29 is 5.11 Å². The summed E-state index contributed by atoms with van der Waals surface area (Å²) in [5.74, 6) is 1.06. The maximum atomic E-state index is 9.61. The summed E-state index contributed by atoms with van der Waals surface area (Å²) < 4.78 is 0. The molecule has 1 heterocycles. The van der Waals surface area contributed by atoms with Crippen molar-refractivity contribution in [3.8, 4) is 5.75 Å². The molecule has 20 heavy (non-hydrogen) atoms. The third-order valence-corrected chi connectivity index (χ3v) is 4.65. The predicted molar refractivity (Wildman–Crippen MR) is 83.8 cm³/mol. The molecule has 3 atom stereocenters. The Morgan fingerprint density at radius 1 is 1.45 bits per heavy atom. The lowest BCUT2D eigenvalue weighted by Gasteiger charge is -2.31. The van der Waals surface area contributed by atoms with E-state index in [2.05, 4.69) is 37.1 Å². The first-order valence-electron chi connectivity index (χ1n) is 7.85. The van der Waals surface area contributed by atoms with E-state index < -0.39 is 0 Å². The highest BCUT2D eigenvalue weighted by atomic mass is 16.3. The van der Waals surface area contributed by atoms with Gasteiger partial charge in [0.25, 0.3) is 0 Å². The van der Waals surface area contributed by atoms with Gasteiger partial charge in [0, 0.05) is 25.2 Å². The van der Waals surface area contributed by atoms with Crippen LogP contribution in [0.1, 0.15) is 39.2 Å². The largest absolute Gasteiger partial charge is 0.508 e. The average molecular weight is 276 g/mol. The van der Waals surface area contributed by atoms with Crippen molar-refractivity contribution in [2.24, 2.45) is 5.92 Å². The average Bonchev–Trinajstić information content (AvgIpc) is 2.61. The molecule has 0 saturated carbocycles. The van der Waals surface area contributed by atoms with E-state index in [1.165, 1.54) is 18.4 Å². The van der Waals surface area contributed by atoms with Crippen molar-refractivity contribution >= 4 is 0 Å². The first kappa shape index (κ1) is 15.3. The second-order valence-corrected chi connectivity index (χ2v) is 6.18. The second kappa shape index (κ2) is 7.09. The first-order valence-corrected chi connectivity index (χ1v) is 7.85. The van der Waals surface area contributed by atoms with Gasteiger partial charge >= 0.3 is 0 Å². The normalized spacial score (nSPS) is 26.1. The predicted octanol–water partition coefficient (Wildman–Crippen LogP) is 2.99. The van der Waals surface area contributed by atoms with Gasteiger partial charge in [-0.15, -0.1) is 0 Å². The van der Waals surface area contributed by atoms with Gasteiger partial charge in [-0.05, 0) is 43.5 Å². The van der Waals surface area contributed by atoms with Crippen molar-refractivity contribution in [1.29, 1.82) is 0 Å². The maximum absolute atomic E-state index is 9.61. The number of phenols is 1. The van der Waals surface area contributed by atoms with Gasteiger partial charge in [-0.25, -0.2) is 0 Å². The van der Waals surface area contributed by atoms with Crippen molar-refractivity contribution in [2.45, 2.75) is 52.2 Å². The van der Waals surface area contributed by atoms with Crippen LogP contribution in [0.3, 0.4) is 0 Å². The Morgan fingerprint density at radius 3 is 2.95 bits per heavy atom. The smallest absolute Gasteiger partial charge is 0.115 e. The summed E-state index contributed by atoms with van der Waals surface area (Å²) in [6, 6.07) is 8.80. The highest BCUT2D eigenvalue weighted by Gasteiger charge is 2.25. The molecule has 1 fully saturated rings. The number of hydrogen-bond donors (Lipinski definition) is 2. The molecular weight excluding hydrogens is 248 g/mol. The highest BCUT2D eigenvalue weighted by Crippen LogP contribution is 2.20. The molecule has 2 rings (SSSR count). The number of aromatic hydroxyl groups is 1. The van der Waals surface area contributed by atoms with Gasteiger partial charge in [-0.3, -0.25) is 4.90 Å². The Kier molecular flexibility index (Phi) is 5.44. The molecule has 0 spiro atoms. The lowest BCUT2D eigenvalue weighted by atomic mass is 9.98. The van der Waals surface area contributed by atoms with Gasteiger partial charge < -0.3 is 10.4 Å². The molecule has 0 aliphatic carbocycles. The van der Waals surface area contributed by atoms with Crippen LogP contribution in [0.2, 0.25) is 0 Å². The second-order valence-electron chi connectivity index (χ2n) is 6.18. The Balaban J connectivity index is 2.06. The maximum Gasteiger partial charge on any atom is 0.115 e. The molecule has 1 aliphatic heterocycles. The number of rotatable bonds is 4. The number of phenolic OH excluding ortho intramolecular Hbond substituents is 1. The Labute approximate surface area is 123 Å². The summed E-state index contributed by atoms with van der Waals surface area (Å²) in [6.07, 6.45) is 2.40. The third-order valence-electron chi connectivity index (χ3n) is 4.65. The van der Waals surface area contributed by atoms with Crippen molar-refractivity contribution in [3.63, 3.8) is 0 Å². The molecule has 1 aromatic rings. The minimum absolute atomic E-state index is 0.363. The van der Waals surface area contributed by atoms with Crippen LogP contribution in [0.4, 0.5) is 0 Å². The molecule has 3 nitrogen and oxygen atoms in total. The van der Waals surface area contributed by atoms with Gasteiger partial charge in [0.05, 0.1) is 0 Å². The zero-order chi connectivity index (χ0) is 14.5. The van der Waals surface area contributed by atoms with E-state index in [0.29, 0.717) is 23.8 Å². The van der Waals surface area contributed by atoms with Gasteiger partial charge in [0.2, 0.25) is 0 Å². The topological polar surface area (TPSA) is 35.5 Å². The molecule has 0 aromatic heterocycles. The summed E-state index contributed by atoms with van der Waals surface area (Å²) in [6.45, 7) is 10.0. The summed E-state index contributed by atoms with van der Waals surface area (Å²) >= 11 is 0. The van der Waals surface area contributed by atoms with Crippen LogP contribution >= 0.6 is 0 Å². The fourth-order valence-corrected chi connectivity index (χ4v) is 2.93. The Hall–Kier alpha value is -1.06. The molecule has 3 unspecified atom stereocenters. The molecule has 112 valence electrons. The first-order chi connectivity index (χ1) is 9.60. The molecular formula is C17H28N2O. The highest BCUT2D eigenvalue weighted by molar-refractivity contribution is 5.27. The van der Waals surface area contributed by atoms with Crippen molar-refractivity contribution in [2.75, 3.05) is 13.1 Å². The molecule has 0 bridgehead atoms. The zero-order valence-electron chi connectivity index (χ0n) is 13.0. The number of benzene rings is 1. The molecule has 1 aliphatic rings. The molecule has 3 heteroatoms. The van der Waals surface area contributed by atoms with Crippen LogP contribution in [0.15, 0.2) is 24.3 Å². The number of nitrogens with zero attached hydrogens (tertiary/aromatic N) is 1. The van der Waals surface area contributed by atoms with Crippen LogP contribution in [0.25, 0.3) is 0 Å². The zero-order valence-corrected chi connectivity index (χ0v) is 13.0. The van der Waals surface area contributed by atoms with Gasteiger partial charge in [-0.2, -0.15) is 0 Å². The van der Waals surface area contributed by atoms with E-state index in [4.69, 9.17) is 0 Å². The summed E-state index contributed by atoms with van der Waals surface area (Å²) in [5, 5.41) is 13.3. The fourth-order valence-electron chi connectivity index (χ4n) is 2.93. The van der Waals surface area contributed by atoms with Gasteiger partial charge in [0.1, 0.15) is 5.75 Å². The monoisotopic (exact) mass is 276 g/mol. The van der Waals surface area contributed by atoms with E-state index in [0.717, 1.165) is 19.6 Å². The summed E-state index contributed by atoms with van der Waals surface area (Å²) in [4.78, 5) is 2.55. The SMILES string of the molecule is CCC(C)C1CN(Cc2cccc(O)c2)C(C)CCN1. The third kappa shape index (κ3) is 3.97. The molecule has 0 radical (unpaired) electrons. The number of nitrogens with one attached hydrogen (secondary N) is 1. The van der Waals surface area contributed by atoms with Crippen molar-refractivity contribution in [1.82, 2.24) is 10.2 Å². The quantitative estimate of drug-likeness (QED) is 0.887. The van der Waals surface area contributed by atoms with Crippen molar-refractivity contribution in [3.05, 3.63) is 29.8 Å². The summed E-state index contributed by atoms with van der Waals surface area (Å²) in [5.41, 5.74) is 1.20. The minimum atomic E-state index is 0.363. The van der Waals surface area contributed by atoms with Crippen LogP contribution in [0.5, 0.6) is 5.75 Å². The Bertz CT molecular complexity index is 421. The fraction of sp³-hybridized carbons (Fsp3) is 0.647. The molecule has 1 saturated heterocycles. The molecule has 1 aromatic carbocycles.